The monoisotopic (exact) mass is 209 g/mol. The van der Waals surface area contributed by atoms with Crippen LogP contribution in [0, 0.1) is 0 Å². The molecule has 14 heavy (non-hydrogen) atoms. The van der Waals surface area contributed by atoms with E-state index in [9.17, 15) is 27.6 Å². The zero-order valence-electron chi connectivity index (χ0n) is 6.85. The molecule has 1 fully saturated rings. The quantitative estimate of drug-likeness (QED) is 0.616. The van der Waals surface area contributed by atoms with Crippen molar-refractivity contribution in [3.8, 4) is 0 Å². The van der Waals surface area contributed by atoms with E-state index in [1.807, 2.05) is 0 Å². The van der Waals surface area contributed by atoms with Crippen molar-refractivity contribution in [1.29, 1.82) is 0 Å². The first-order valence-electron chi connectivity index (χ1n) is 3.73. The molecule has 1 atom stereocenters. The van der Waals surface area contributed by atoms with E-state index in [0.717, 1.165) is 0 Å². The summed E-state index contributed by atoms with van der Waals surface area (Å²) in [6.07, 6.45) is -5.77. The first-order chi connectivity index (χ1) is 6.30. The summed E-state index contributed by atoms with van der Waals surface area (Å²) in [6.45, 7) is 0. The zero-order valence-corrected chi connectivity index (χ0v) is 6.85. The van der Waals surface area contributed by atoms with Gasteiger partial charge in [0.1, 0.15) is 5.78 Å². The maximum absolute atomic E-state index is 11.7. The standard InChI is InChI=1S/C7H6F3NO3/c8-7(9,10)6(14)11-4-1-3(12)2-5(4)13/h4H,1-2H2,(H,11,14)/t4-/m0/s1. The molecule has 0 aromatic heterocycles. The SMILES string of the molecule is O=C1CC(=O)[C@@H](NC(=O)C(F)(F)F)C1. The Morgan fingerprint density at radius 1 is 1.36 bits per heavy atom. The summed E-state index contributed by atoms with van der Waals surface area (Å²) in [6, 6.07) is -1.31. The van der Waals surface area contributed by atoms with Crippen LogP contribution < -0.4 is 5.32 Å². The molecule has 0 saturated heterocycles. The number of amides is 1. The lowest BCUT2D eigenvalue weighted by Crippen LogP contribution is -2.44. The van der Waals surface area contributed by atoms with Gasteiger partial charge in [-0.05, 0) is 0 Å². The smallest absolute Gasteiger partial charge is 0.338 e. The average Bonchev–Trinajstić information content (AvgIpc) is 2.28. The van der Waals surface area contributed by atoms with E-state index in [-0.39, 0.29) is 6.42 Å². The highest BCUT2D eigenvalue weighted by Gasteiger charge is 2.42. The summed E-state index contributed by atoms with van der Waals surface area (Å²) < 4.78 is 35.2. The van der Waals surface area contributed by atoms with Crippen molar-refractivity contribution in [1.82, 2.24) is 5.32 Å². The van der Waals surface area contributed by atoms with Gasteiger partial charge in [-0.25, -0.2) is 0 Å². The minimum atomic E-state index is -5.02. The van der Waals surface area contributed by atoms with Gasteiger partial charge in [0.15, 0.2) is 5.78 Å². The van der Waals surface area contributed by atoms with Gasteiger partial charge in [-0.1, -0.05) is 0 Å². The Balaban J connectivity index is 2.58. The fourth-order valence-electron chi connectivity index (χ4n) is 1.10. The Labute approximate surface area is 76.5 Å². The number of rotatable bonds is 1. The number of nitrogens with one attached hydrogen (secondary N) is 1. The molecule has 0 aromatic carbocycles. The lowest BCUT2D eigenvalue weighted by molar-refractivity contribution is -0.174. The fourth-order valence-corrected chi connectivity index (χ4v) is 1.10. The van der Waals surface area contributed by atoms with Gasteiger partial charge in [-0.15, -0.1) is 0 Å². The second kappa shape index (κ2) is 3.39. The molecule has 0 heterocycles. The number of hydrogen-bond acceptors (Lipinski definition) is 3. The van der Waals surface area contributed by atoms with Crippen molar-refractivity contribution in [3.05, 3.63) is 0 Å². The lowest BCUT2D eigenvalue weighted by Gasteiger charge is -2.11. The molecule has 1 N–H and O–H groups in total. The third-order valence-electron chi connectivity index (χ3n) is 1.75. The average molecular weight is 209 g/mol. The maximum Gasteiger partial charge on any atom is 0.471 e. The van der Waals surface area contributed by atoms with Crippen LogP contribution in [0.4, 0.5) is 13.2 Å². The number of carbonyl (C=O) groups is 3. The van der Waals surface area contributed by atoms with Crippen LogP contribution in [0.3, 0.4) is 0 Å². The largest absolute Gasteiger partial charge is 0.471 e. The van der Waals surface area contributed by atoms with Gasteiger partial charge in [0.05, 0.1) is 12.5 Å². The van der Waals surface area contributed by atoms with E-state index in [1.165, 1.54) is 5.32 Å². The maximum atomic E-state index is 11.7. The second-order valence-electron chi connectivity index (χ2n) is 2.91. The number of hydrogen-bond donors (Lipinski definition) is 1. The third-order valence-corrected chi connectivity index (χ3v) is 1.75. The van der Waals surface area contributed by atoms with Gasteiger partial charge in [0.2, 0.25) is 0 Å². The van der Waals surface area contributed by atoms with Crippen LogP contribution in [0.1, 0.15) is 12.8 Å². The van der Waals surface area contributed by atoms with Crippen LogP contribution in [0.25, 0.3) is 0 Å². The van der Waals surface area contributed by atoms with Crippen molar-refractivity contribution in [2.45, 2.75) is 25.1 Å². The van der Waals surface area contributed by atoms with Gasteiger partial charge >= 0.3 is 12.1 Å². The van der Waals surface area contributed by atoms with Crippen LogP contribution in [0.5, 0.6) is 0 Å². The molecule has 0 aromatic rings. The predicted molar refractivity (Wildman–Crippen MR) is 37.2 cm³/mol. The molecule has 0 unspecified atom stereocenters. The van der Waals surface area contributed by atoms with E-state index < -0.39 is 36.1 Å². The van der Waals surface area contributed by atoms with Crippen LogP contribution >= 0.6 is 0 Å². The second-order valence-corrected chi connectivity index (χ2v) is 2.91. The molecule has 1 rings (SSSR count). The molecule has 0 radical (unpaired) electrons. The number of halogens is 3. The first kappa shape index (κ1) is 10.7. The highest BCUT2D eigenvalue weighted by molar-refractivity contribution is 6.10. The van der Waals surface area contributed by atoms with Crippen molar-refractivity contribution < 1.29 is 27.6 Å². The molecule has 0 aliphatic heterocycles. The van der Waals surface area contributed by atoms with E-state index in [1.54, 1.807) is 0 Å². The molecule has 1 amide bonds. The molecule has 4 nitrogen and oxygen atoms in total. The third kappa shape index (κ3) is 2.30. The van der Waals surface area contributed by atoms with Crippen LogP contribution in [0.15, 0.2) is 0 Å². The topological polar surface area (TPSA) is 63.2 Å². The Kier molecular flexibility index (Phi) is 2.59. The number of alkyl halides is 3. The van der Waals surface area contributed by atoms with Gasteiger partial charge in [-0.3, -0.25) is 14.4 Å². The Hall–Kier alpha value is -1.40. The highest BCUT2D eigenvalue weighted by atomic mass is 19.4. The number of Topliss-reactive ketones (excluding diaryl/α,β-unsaturated/α-hetero) is 2. The Morgan fingerprint density at radius 2 is 1.93 bits per heavy atom. The molecular formula is C7H6F3NO3. The fraction of sp³-hybridized carbons (Fsp3) is 0.571. The predicted octanol–water partition coefficient (Wildman–Crippen LogP) is -0.0345. The van der Waals surface area contributed by atoms with E-state index in [2.05, 4.69) is 0 Å². The van der Waals surface area contributed by atoms with Crippen molar-refractivity contribution in [2.75, 3.05) is 0 Å². The summed E-state index contributed by atoms with van der Waals surface area (Å²) in [5.74, 6) is -3.32. The normalized spacial score (nSPS) is 22.6. The first-order valence-corrected chi connectivity index (χ1v) is 3.73. The highest BCUT2D eigenvalue weighted by Crippen LogP contribution is 2.17. The van der Waals surface area contributed by atoms with E-state index in [0.29, 0.717) is 0 Å². The molecule has 78 valence electrons. The van der Waals surface area contributed by atoms with Crippen LogP contribution in [-0.4, -0.2) is 29.7 Å². The van der Waals surface area contributed by atoms with Gasteiger partial charge in [0, 0.05) is 6.42 Å². The van der Waals surface area contributed by atoms with Gasteiger partial charge in [-0.2, -0.15) is 13.2 Å². The molecule has 0 bridgehead atoms. The van der Waals surface area contributed by atoms with Crippen LogP contribution in [0.2, 0.25) is 0 Å². The molecular weight excluding hydrogens is 203 g/mol. The van der Waals surface area contributed by atoms with Crippen molar-refractivity contribution in [2.24, 2.45) is 0 Å². The molecule has 1 saturated carbocycles. The minimum absolute atomic E-state index is 0.347. The lowest BCUT2D eigenvalue weighted by atomic mass is 10.2. The molecule has 1 aliphatic rings. The molecule has 0 spiro atoms. The van der Waals surface area contributed by atoms with Gasteiger partial charge < -0.3 is 5.32 Å². The number of ketones is 2. The zero-order chi connectivity index (χ0) is 10.9. The summed E-state index contributed by atoms with van der Waals surface area (Å²) in [7, 11) is 0. The Morgan fingerprint density at radius 3 is 2.29 bits per heavy atom. The van der Waals surface area contributed by atoms with Crippen molar-refractivity contribution >= 4 is 17.5 Å². The summed E-state index contributed by atoms with van der Waals surface area (Å²) in [4.78, 5) is 31.9. The molecule has 7 heteroatoms. The summed E-state index contributed by atoms with van der Waals surface area (Å²) in [5.41, 5.74) is 0. The summed E-state index contributed by atoms with van der Waals surface area (Å²) in [5, 5.41) is 1.46. The van der Waals surface area contributed by atoms with E-state index >= 15 is 0 Å². The van der Waals surface area contributed by atoms with E-state index in [4.69, 9.17) is 0 Å². The summed E-state index contributed by atoms with van der Waals surface area (Å²) >= 11 is 0. The number of carbonyl (C=O) groups excluding carboxylic acids is 3. The minimum Gasteiger partial charge on any atom is -0.338 e. The van der Waals surface area contributed by atoms with Crippen LogP contribution in [-0.2, 0) is 14.4 Å². The Bertz CT molecular complexity index is 297. The van der Waals surface area contributed by atoms with Crippen molar-refractivity contribution in [3.63, 3.8) is 0 Å². The van der Waals surface area contributed by atoms with Gasteiger partial charge in [0.25, 0.3) is 0 Å². The molecule has 1 aliphatic carbocycles.